The highest BCUT2D eigenvalue weighted by Gasteiger charge is 2.51. The monoisotopic (exact) mass is 320 g/mol. The molecule has 0 unspecified atom stereocenters. The first kappa shape index (κ1) is 14.7. The molecule has 4 saturated carbocycles. The molecule has 4 fully saturated rings. The van der Waals surface area contributed by atoms with Gasteiger partial charge in [-0.2, -0.15) is 0 Å². The molecule has 6 rings (SSSR count). The van der Waals surface area contributed by atoms with Crippen LogP contribution >= 0.6 is 0 Å². The minimum Gasteiger partial charge on any atom is -0.207 e. The molecule has 0 atom stereocenters. The topological polar surface area (TPSA) is 0 Å². The lowest BCUT2D eigenvalue weighted by molar-refractivity contribution is -0.00517. The van der Waals surface area contributed by atoms with Gasteiger partial charge in [-0.15, -0.1) is 0 Å². The zero-order valence-electron chi connectivity index (χ0n) is 14.4. The molecule has 0 amide bonds. The maximum atomic E-state index is 13.7. The van der Waals surface area contributed by atoms with E-state index in [9.17, 15) is 4.39 Å². The van der Waals surface area contributed by atoms with Crippen molar-refractivity contribution in [3.8, 4) is 11.1 Å². The van der Waals surface area contributed by atoms with Crippen LogP contribution in [0.5, 0.6) is 0 Å². The van der Waals surface area contributed by atoms with Gasteiger partial charge in [0.2, 0.25) is 0 Å². The highest BCUT2D eigenvalue weighted by molar-refractivity contribution is 5.68. The minimum absolute atomic E-state index is 0.146. The smallest absolute Gasteiger partial charge is 0.123 e. The average molecular weight is 320 g/mol. The molecule has 0 N–H and O–H groups in total. The standard InChI is InChI=1S/C23H25F/c1-15-5-6-20(11-22(15)19-3-2-4-21(24)10-19)23-12-16-7-17(13-23)9-18(8-16)14-23/h2-6,10-11,16-18H,7-9,12-14H2,1H3. The van der Waals surface area contributed by atoms with Crippen LogP contribution in [-0.2, 0) is 5.41 Å². The predicted octanol–water partition coefficient (Wildman–Crippen LogP) is 6.27. The van der Waals surface area contributed by atoms with Gasteiger partial charge in [0.25, 0.3) is 0 Å². The first-order valence-corrected chi connectivity index (χ1v) is 9.48. The molecule has 0 aliphatic heterocycles. The highest BCUT2D eigenvalue weighted by Crippen LogP contribution is 2.60. The van der Waals surface area contributed by atoms with Crippen LogP contribution in [0.1, 0.15) is 49.7 Å². The maximum absolute atomic E-state index is 13.7. The summed E-state index contributed by atoms with van der Waals surface area (Å²) in [5.41, 5.74) is 5.40. The van der Waals surface area contributed by atoms with Gasteiger partial charge in [0.1, 0.15) is 5.82 Å². The van der Waals surface area contributed by atoms with Crippen LogP contribution < -0.4 is 0 Å². The van der Waals surface area contributed by atoms with E-state index in [-0.39, 0.29) is 5.82 Å². The van der Waals surface area contributed by atoms with Gasteiger partial charge in [0.15, 0.2) is 0 Å². The Morgan fingerprint density at radius 3 is 2.17 bits per heavy atom. The van der Waals surface area contributed by atoms with E-state index in [1.165, 1.54) is 61.3 Å². The van der Waals surface area contributed by atoms with Crippen LogP contribution in [0.3, 0.4) is 0 Å². The fourth-order valence-electron chi connectivity index (χ4n) is 6.38. The maximum Gasteiger partial charge on any atom is 0.123 e. The van der Waals surface area contributed by atoms with Gasteiger partial charge in [-0.1, -0.05) is 30.3 Å². The van der Waals surface area contributed by atoms with E-state index in [4.69, 9.17) is 0 Å². The summed E-state index contributed by atoms with van der Waals surface area (Å²) in [4.78, 5) is 0. The third-order valence-electron chi connectivity index (χ3n) is 7.02. The normalized spacial score (nSPS) is 33.8. The Kier molecular flexibility index (Phi) is 3.17. The summed E-state index contributed by atoms with van der Waals surface area (Å²) >= 11 is 0. The van der Waals surface area contributed by atoms with Crippen LogP contribution in [0.15, 0.2) is 42.5 Å². The van der Waals surface area contributed by atoms with E-state index in [1.54, 1.807) is 6.07 Å². The zero-order valence-corrected chi connectivity index (χ0v) is 14.4. The van der Waals surface area contributed by atoms with Crippen LogP contribution in [0, 0.1) is 30.5 Å². The molecule has 4 aliphatic rings. The molecule has 4 bridgehead atoms. The van der Waals surface area contributed by atoms with Gasteiger partial charge in [-0.05, 0) is 103 Å². The lowest BCUT2D eigenvalue weighted by atomic mass is 9.48. The zero-order chi connectivity index (χ0) is 16.3. The lowest BCUT2D eigenvalue weighted by Crippen LogP contribution is -2.48. The van der Waals surface area contributed by atoms with Crippen LogP contribution in [0.25, 0.3) is 11.1 Å². The molecule has 0 nitrogen and oxygen atoms in total. The molecule has 0 spiro atoms. The SMILES string of the molecule is Cc1ccc(C23CC4CC(CC(C4)C2)C3)cc1-c1cccc(F)c1. The molecule has 0 radical (unpaired) electrons. The first-order valence-electron chi connectivity index (χ1n) is 9.48. The third-order valence-corrected chi connectivity index (χ3v) is 7.02. The van der Waals surface area contributed by atoms with E-state index in [1.807, 2.05) is 12.1 Å². The second kappa shape index (κ2) is 5.18. The van der Waals surface area contributed by atoms with Crippen molar-refractivity contribution in [1.82, 2.24) is 0 Å². The Morgan fingerprint density at radius 1 is 0.875 bits per heavy atom. The largest absolute Gasteiger partial charge is 0.207 e. The Morgan fingerprint density at radius 2 is 1.54 bits per heavy atom. The molecular weight excluding hydrogens is 295 g/mol. The van der Waals surface area contributed by atoms with Crippen molar-refractivity contribution in [2.24, 2.45) is 17.8 Å². The Balaban J connectivity index is 1.59. The molecule has 24 heavy (non-hydrogen) atoms. The van der Waals surface area contributed by atoms with Crippen LogP contribution in [0.2, 0.25) is 0 Å². The summed E-state index contributed by atoms with van der Waals surface area (Å²) in [7, 11) is 0. The molecule has 0 aromatic heterocycles. The highest BCUT2D eigenvalue weighted by atomic mass is 19.1. The fourth-order valence-corrected chi connectivity index (χ4v) is 6.38. The number of hydrogen-bond donors (Lipinski definition) is 0. The molecule has 1 heteroatoms. The van der Waals surface area contributed by atoms with E-state index in [2.05, 4.69) is 25.1 Å². The average Bonchev–Trinajstić information content (AvgIpc) is 2.54. The van der Waals surface area contributed by atoms with Crippen molar-refractivity contribution in [3.05, 3.63) is 59.4 Å². The number of benzene rings is 2. The molecule has 0 heterocycles. The molecule has 4 aliphatic carbocycles. The second-order valence-corrected chi connectivity index (χ2v) is 8.74. The summed E-state index contributed by atoms with van der Waals surface area (Å²) in [6.45, 7) is 2.14. The Bertz CT molecular complexity index is 753. The summed E-state index contributed by atoms with van der Waals surface area (Å²) in [5, 5.41) is 0. The van der Waals surface area contributed by atoms with Crippen molar-refractivity contribution in [3.63, 3.8) is 0 Å². The third kappa shape index (κ3) is 2.24. The van der Waals surface area contributed by atoms with Crippen molar-refractivity contribution in [1.29, 1.82) is 0 Å². The molecular formula is C23H25F. The minimum atomic E-state index is -0.146. The lowest BCUT2D eigenvalue weighted by Gasteiger charge is -2.57. The van der Waals surface area contributed by atoms with Gasteiger partial charge in [-0.3, -0.25) is 0 Å². The number of hydrogen-bond acceptors (Lipinski definition) is 0. The fraction of sp³-hybridized carbons (Fsp3) is 0.478. The van der Waals surface area contributed by atoms with Crippen molar-refractivity contribution >= 4 is 0 Å². The van der Waals surface area contributed by atoms with Crippen molar-refractivity contribution in [2.45, 2.75) is 50.9 Å². The predicted molar refractivity (Wildman–Crippen MR) is 96.4 cm³/mol. The number of rotatable bonds is 2. The van der Waals surface area contributed by atoms with Gasteiger partial charge in [-0.25, -0.2) is 4.39 Å². The second-order valence-electron chi connectivity index (χ2n) is 8.74. The summed E-state index contributed by atoms with van der Waals surface area (Å²) in [6, 6.07) is 14.1. The summed E-state index contributed by atoms with van der Waals surface area (Å²) in [6.07, 6.45) is 8.56. The van der Waals surface area contributed by atoms with E-state index in [0.29, 0.717) is 5.41 Å². The molecule has 2 aromatic rings. The Hall–Kier alpha value is -1.63. The van der Waals surface area contributed by atoms with Gasteiger partial charge in [0.05, 0.1) is 0 Å². The number of aryl methyl sites for hydroxylation is 1. The summed E-state index contributed by atoms with van der Waals surface area (Å²) < 4.78 is 13.7. The summed E-state index contributed by atoms with van der Waals surface area (Å²) in [5.74, 6) is 2.72. The van der Waals surface area contributed by atoms with E-state index >= 15 is 0 Å². The molecule has 0 saturated heterocycles. The van der Waals surface area contributed by atoms with E-state index < -0.39 is 0 Å². The molecule has 124 valence electrons. The Labute approximate surface area is 144 Å². The van der Waals surface area contributed by atoms with Gasteiger partial charge >= 0.3 is 0 Å². The van der Waals surface area contributed by atoms with Crippen molar-refractivity contribution in [2.75, 3.05) is 0 Å². The van der Waals surface area contributed by atoms with Crippen molar-refractivity contribution < 1.29 is 4.39 Å². The van der Waals surface area contributed by atoms with E-state index in [0.717, 1.165) is 23.3 Å². The number of halogens is 1. The molecule has 2 aromatic carbocycles. The van der Waals surface area contributed by atoms with Gasteiger partial charge < -0.3 is 0 Å². The van der Waals surface area contributed by atoms with Gasteiger partial charge in [0, 0.05) is 0 Å². The van der Waals surface area contributed by atoms with Crippen LogP contribution in [0.4, 0.5) is 4.39 Å². The first-order chi connectivity index (χ1) is 11.6. The quantitative estimate of drug-likeness (QED) is 0.612. The van der Waals surface area contributed by atoms with Crippen LogP contribution in [-0.4, -0.2) is 0 Å².